The van der Waals surface area contributed by atoms with Crippen molar-refractivity contribution in [3.8, 4) is 0 Å². The van der Waals surface area contributed by atoms with Crippen LogP contribution in [0.1, 0.15) is 208 Å². The Morgan fingerprint density at radius 3 is 1.55 bits per heavy atom. The predicted molar refractivity (Wildman–Crippen MR) is 219 cm³/mol. The van der Waals surface area contributed by atoms with Crippen LogP contribution >= 0.6 is 0 Å². The van der Waals surface area contributed by atoms with Crippen molar-refractivity contribution in [3.63, 3.8) is 0 Å². The summed E-state index contributed by atoms with van der Waals surface area (Å²) in [6, 6.07) is 0. The van der Waals surface area contributed by atoms with Crippen LogP contribution in [0.15, 0.2) is 24.3 Å². The van der Waals surface area contributed by atoms with Gasteiger partial charge in [-0.2, -0.15) is 0 Å². The highest BCUT2D eigenvalue weighted by atomic mass is 16.5. The molecule has 4 atom stereocenters. The van der Waals surface area contributed by atoms with E-state index in [9.17, 15) is 4.79 Å². The van der Waals surface area contributed by atoms with Crippen LogP contribution in [0.2, 0.25) is 0 Å². The molecule has 0 aliphatic carbocycles. The van der Waals surface area contributed by atoms with Crippen LogP contribution in [0.25, 0.3) is 0 Å². The van der Waals surface area contributed by atoms with Crippen LogP contribution < -0.4 is 0 Å². The molecule has 0 saturated heterocycles. The standard InChI is InChI=1S/C46H90NO2/c1-10-11-12-13-14-15-16-17-18-19-20-21-22-23-24-25-36-45(49-46(48)37-29-40-47(7,8)9)39-38-44(6)35-28-34-43(5)33-27-32-42(4)31-26-30-41(2)3/h14-15,17-18,41-45H,10-13,16,19-40H2,1-9H3/q+1/b15-14-,18-17-. The molecule has 0 N–H and O–H groups in total. The molecule has 49 heavy (non-hydrogen) atoms. The highest BCUT2D eigenvalue weighted by Gasteiger charge is 2.17. The predicted octanol–water partition coefficient (Wildman–Crippen LogP) is 14.4. The Morgan fingerprint density at radius 1 is 0.531 bits per heavy atom. The largest absolute Gasteiger partial charge is 0.462 e. The van der Waals surface area contributed by atoms with Crippen molar-refractivity contribution in [3.05, 3.63) is 24.3 Å². The zero-order valence-electron chi connectivity index (χ0n) is 35.1. The Balaban J connectivity index is 4.31. The van der Waals surface area contributed by atoms with Gasteiger partial charge in [-0.1, -0.05) is 162 Å². The normalized spacial score (nSPS) is 15.0. The minimum atomic E-state index is 0.0224. The first-order chi connectivity index (χ1) is 23.4. The Bertz CT molecular complexity index is 778. The number of carbonyl (C=O) groups is 1. The van der Waals surface area contributed by atoms with Crippen LogP contribution in [-0.2, 0) is 9.53 Å². The summed E-state index contributed by atoms with van der Waals surface area (Å²) < 4.78 is 7.02. The van der Waals surface area contributed by atoms with E-state index >= 15 is 0 Å². The third-order valence-electron chi connectivity index (χ3n) is 10.5. The summed E-state index contributed by atoms with van der Waals surface area (Å²) in [5, 5.41) is 0. The van der Waals surface area contributed by atoms with Crippen molar-refractivity contribution in [1.29, 1.82) is 0 Å². The number of rotatable bonds is 35. The van der Waals surface area contributed by atoms with E-state index in [1.54, 1.807) is 0 Å². The average molecular weight is 689 g/mol. The Labute approximate surface area is 309 Å². The number of hydrogen-bond acceptors (Lipinski definition) is 2. The van der Waals surface area contributed by atoms with Gasteiger partial charge in [-0.3, -0.25) is 4.79 Å². The second-order valence-electron chi connectivity index (χ2n) is 17.7. The molecule has 0 aliphatic rings. The summed E-state index contributed by atoms with van der Waals surface area (Å²) in [5.41, 5.74) is 0. The molecule has 4 unspecified atom stereocenters. The summed E-state index contributed by atoms with van der Waals surface area (Å²) in [7, 11) is 6.58. The average Bonchev–Trinajstić information content (AvgIpc) is 3.02. The molecule has 3 nitrogen and oxygen atoms in total. The van der Waals surface area contributed by atoms with E-state index in [-0.39, 0.29) is 12.1 Å². The van der Waals surface area contributed by atoms with E-state index in [1.807, 2.05) is 0 Å². The summed E-state index contributed by atoms with van der Waals surface area (Å²) in [6.45, 7) is 15.3. The first kappa shape index (κ1) is 47.9. The molecule has 0 bridgehead atoms. The van der Waals surface area contributed by atoms with Gasteiger partial charge in [0.05, 0.1) is 34.1 Å². The van der Waals surface area contributed by atoms with E-state index < -0.39 is 0 Å². The summed E-state index contributed by atoms with van der Waals surface area (Å²) in [5.74, 6) is 3.32. The lowest BCUT2D eigenvalue weighted by atomic mass is 9.90. The molecule has 0 saturated carbocycles. The van der Waals surface area contributed by atoms with Crippen molar-refractivity contribution >= 4 is 5.97 Å². The van der Waals surface area contributed by atoms with Crippen molar-refractivity contribution in [2.45, 2.75) is 215 Å². The zero-order chi connectivity index (χ0) is 36.6. The molecular formula is C46H90NO2+. The Hall–Kier alpha value is -1.09. The lowest BCUT2D eigenvalue weighted by Crippen LogP contribution is -2.35. The maximum absolute atomic E-state index is 12.8. The number of hydrogen-bond donors (Lipinski definition) is 0. The number of quaternary nitrogens is 1. The molecule has 290 valence electrons. The molecule has 0 aromatic rings. The van der Waals surface area contributed by atoms with Gasteiger partial charge in [-0.15, -0.1) is 0 Å². The highest BCUT2D eigenvalue weighted by Crippen LogP contribution is 2.25. The molecule has 0 heterocycles. The molecule has 0 amide bonds. The second-order valence-corrected chi connectivity index (χ2v) is 17.7. The fourth-order valence-electron chi connectivity index (χ4n) is 6.97. The summed E-state index contributed by atoms with van der Waals surface area (Å²) in [6.07, 6.45) is 41.8. The number of nitrogens with zero attached hydrogens (tertiary/aromatic N) is 1. The van der Waals surface area contributed by atoms with Gasteiger partial charge in [-0.25, -0.2) is 0 Å². The topological polar surface area (TPSA) is 26.3 Å². The van der Waals surface area contributed by atoms with E-state index in [0.717, 1.165) is 54.5 Å². The molecule has 0 rings (SSSR count). The monoisotopic (exact) mass is 689 g/mol. The van der Waals surface area contributed by atoms with Gasteiger partial charge in [0.1, 0.15) is 6.10 Å². The first-order valence-corrected chi connectivity index (χ1v) is 21.7. The number of carbonyl (C=O) groups excluding carboxylic acids is 1. The third kappa shape index (κ3) is 36.5. The Kier molecular flexibility index (Phi) is 32.1. The smallest absolute Gasteiger partial charge is 0.306 e. The van der Waals surface area contributed by atoms with Crippen LogP contribution in [0, 0.1) is 23.7 Å². The minimum Gasteiger partial charge on any atom is -0.462 e. The van der Waals surface area contributed by atoms with E-state index in [4.69, 9.17) is 4.74 Å². The van der Waals surface area contributed by atoms with Gasteiger partial charge >= 0.3 is 5.97 Å². The van der Waals surface area contributed by atoms with Crippen molar-refractivity contribution in [2.75, 3.05) is 27.7 Å². The summed E-state index contributed by atoms with van der Waals surface area (Å²) >= 11 is 0. The van der Waals surface area contributed by atoms with Crippen LogP contribution in [0.3, 0.4) is 0 Å². The third-order valence-corrected chi connectivity index (χ3v) is 10.5. The molecular weight excluding hydrogens is 599 g/mol. The number of ether oxygens (including phenoxy) is 1. The van der Waals surface area contributed by atoms with Crippen LogP contribution in [0.4, 0.5) is 0 Å². The van der Waals surface area contributed by atoms with E-state index in [2.05, 4.69) is 87.0 Å². The van der Waals surface area contributed by atoms with Gasteiger partial charge in [0.2, 0.25) is 0 Å². The first-order valence-electron chi connectivity index (χ1n) is 21.7. The number of esters is 1. The molecule has 3 heteroatoms. The Morgan fingerprint density at radius 2 is 1.02 bits per heavy atom. The SMILES string of the molecule is CCCCC/C=C\C/C=C\CCCCCCCCC(CCC(C)CCCC(C)CCCC(C)CCCC(C)C)OC(=O)CCC[N+](C)(C)C. The quantitative estimate of drug-likeness (QED) is 0.0287. The van der Waals surface area contributed by atoms with Gasteiger partial charge < -0.3 is 9.22 Å². The van der Waals surface area contributed by atoms with E-state index in [0.29, 0.717) is 12.3 Å². The molecule has 0 aromatic carbocycles. The van der Waals surface area contributed by atoms with Gasteiger partial charge in [0.15, 0.2) is 0 Å². The van der Waals surface area contributed by atoms with Crippen molar-refractivity contribution in [1.82, 2.24) is 0 Å². The van der Waals surface area contributed by atoms with Crippen LogP contribution in [-0.4, -0.2) is 44.2 Å². The van der Waals surface area contributed by atoms with Gasteiger partial charge in [0, 0.05) is 6.42 Å². The molecule has 0 spiro atoms. The number of unbranched alkanes of at least 4 members (excludes halogenated alkanes) is 9. The summed E-state index contributed by atoms with van der Waals surface area (Å²) in [4.78, 5) is 12.8. The second kappa shape index (κ2) is 32.8. The fraction of sp³-hybridized carbons (Fsp3) is 0.891. The fourth-order valence-corrected chi connectivity index (χ4v) is 6.97. The molecule has 0 radical (unpaired) electrons. The van der Waals surface area contributed by atoms with Gasteiger partial charge in [-0.05, 0) is 81.5 Å². The molecule has 0 fully saturated rings. The minimum absolute atomic E-state index is 0.0224. The number of allylic oxidation sites excluding steroid dienone is 4. The zero-order valence-corrected chi connectivity index (χ0v) is 35.1. The van der Waals surface area contributed by atoms with Crippen molar-refractivity contribution in [2.24, 2.45) is 23.7 Å². The maximum atomic E-state index is 12.8. The molecule has 0 aromatic heterocycles. The van der Waals surface area contributed by atoms with Crippen molar-refractivity contribution < 1.29 is 14.0 Å². The van der Waals surface area contributed by atoms with Crippen LogP contribution in [0.5, 0.6) is 0 Å². The van der Waals surface area contributed by atoms with Gasteiger partial charge in [0.25, 0.3) is 0 Å². The van der Waals surface area contributed by atoms with E-state index in [1.165, 1.54) is 135 Å². The maximum Gasteiger partial charge on any atom is 0.306 e. The molecule has 0 aliphatic heterocycles. The lowest BCUT2D eigenvalue weighted by Gasteiger charge is -2.24. The highest BCUT2D eigenvalue weighted by molar-refractivity contribution is 5.69. The lowest BCUT2D eigenvalue weighted by molar-refractivity contribution is -0.870.